The molecule has 0 unspecified atom stereocenters. The van der Waals surface area contributed by atoms with E-state index >= 15 is 0 Å². The highest BCUT2D eigenvalue weighted by Crippen LogP contribution is 2.42. The molecule has 35 heavy (non-hydrogen) atoms. The maximum atomic E-state index is 12.8. The van der Waals surface area contributed by atoms with Crippen LogP contribution in [0.15, 0.2) is 58.7 Å². The molecule has 11 heteroatoms. The van der Waals surface area contributed by atoms with Crippen molar-refractivity contribution in [2.75, 3.05) is 13.2 Å². The first-order valence-corrected chi connectivity index (χ1v) is 10.9. The lowest BCUT2D eigenvalue weighted by atomic mass is 9.94. The number of allylic oxidation sites excluding steroid dienone is 1. The SMILES string of the molecule is CCOC(=O)C1=C(C)NC(NC#N)=N[C@@H]1c1cc(OCC)c(OCc2ccccc2)cc1[N+](=O)[O-]. The molecule has 2 N–H and O–H groups in total. The molecule has 3 rings (SSSR count). The molecule has 1 aliphatic rings. The predicted octanol–water partition coefficient (Wildman–Crippen LogP) is 3.48. The van der Waals surface area contributed by atoms with Gasteiger partial charge in [-0.2, -0.15) is 5.26 Å². The molecule has 0 saturated carbocycles. The van der Waals surface area contributed by atoms with E-state index < -0.39 is 16.9 Å². The highest BCUT2D eigenvalue weighted by Gasteiger charge is 2.36. The summed E-state index contributed by atoms with van der Waals surface area (Å²) in [5, 5.41) is 26.3. The molecule has 1 atom stereocenters. The Morgan fingerprint density at radius 2 is 1.91 bits per heavy atom. The average Bonchev–Trinajstić information content (AvgIpc) is 2.83. The molecular weight excluding hydrogens is 454 g/mol. The van der Waals surface area contributed by atoms with Gasteiger partial charge in [-0.15, -0.1) is 0 Å². The van der Waals surface area contributed by atoms with E-state index in [-0.39, 0.29) is 54.1 Å². The number of rotatable bonds is 9. The number of nitro benzene ring substituents is 1. The van der Waals surface area contributed by atoms with Crippen LogP contribution in [-0.4, -0.2) is 30.1 Å². The fraction of sp³-hybridized carbons (Fsp3) is 0.292. The summed E-state index contributed by atoms with van der Waals surface area (Å²) in [6.45, 7) is 5.57. The molecule has 0 radical (unpaired) electrons. The van der Waals surface area contributed by atoms with Gasteiger partial charge < -0.3 is 19.5 Å². The Labute approximate surface area is 202 Å². The second-order valence-electron chi connectivity index (χ2n) is 7.32. The summed E-state index contributed by atoms with van der Waals surface area (Å²) in [7, 11) is 0. The molecule has 0 amide bonds. The molecule has 2 aromatic carbocycles. The van der Waals surface area contributed by atoms with Gasteiger partial charge in [-0.1, -0.05) is 30.3 Å². The molecule has 0 spiro atoms. The number of hydrogen-bond donors (Lipinski definition) is 2. The van der Waals surface area contributed by atoms with Crippen molar-refractivity contribution in [3.63, 3.8) is 0 Å². The third kappa shape index (κ3) is 5.86. The number of ether oxygens (including phenoxy) is 3. The van der Waals surface area contributed by atoms with Crippen LogP contribution in [0.2, 0.25) is 0 Å². The number of guanidine groups is 1. The number of nitro groups is 1. The number of benzene rings is 2. The lowest BCUT2D eigenvalue weighted by Crippen LogP contribution is -2.39. The van der Waals surface area contributed by atoms with Gasteiger partial charge in [0.25, 0.3) is 5.69 Å². The first-order valence-electron chi connectivity index (χ1n) is 10.9. The number of carbonyl (C=O) groups is 1. The summed E-state index contributed by atoms with van der Waals surface area (Å²) < 4.78 is 16.8. The summed E-state index contributed by atoms with van der Waals surface area (Å²) in [5.41, 5.74) is 1.07. The van der Waals surface area contributed by atoms with Gasteiger partial charge in [0.1, 0.15) is 12.6 Å². The van der Waals surface area contributed by atoms with Crippen LogP contribution in [0.25, 0.3) is 0 Å². The number of hydrogen-bond acceptors (Lipinski definition) is 10. The first-order chi connectivity index (χ1) is 16.9. The van der Waals surface area contributed by atoms with Crippen molar-refractivity contribution in [3.8, 4) is 17.7 Å². The summed E-state index contributed by atoms with van der Waals surface area (Å²) >= 11 is 0. The highest BCUT2D eigenvalue weighted by molar-refractivity contribution is 5.96. The van der Waals surface area contributed by atoms with Crippen LogP contribution in [0.5, 0.6) is 11.5 Å². The average molecular weight is 479 g/mol. The second-order valence-corrected chi connectivity index (χ2v) is 7.32. The van der Waals surface area contributed by atoms with Gasteiger partial charge in [0.05, 0.1) is 35.3 Å². The zero-order valence-electron chi connectivity index (χ0n) is 19.5. The minimum Gasteiger partial charge on any atom is -0.490 e. The van der Waals surface area contributed by atoms with E-state index in [0.29, 0.717) is 5.70 Å². The van der Waals surface area contributed by atoms with Crippen molar-refractivity contribution in [2.24, 2.45) is 4.99 Å². The Bertz CT molecular complexity index is 1200. The minimum atomic E-state index is -1.13. The number of carbonyl (C=O) groups excluding carboxylic acids is 1. The number of nitriles is 1. The lowest BCUT2D eigenvalue weighted by molar-refractivity contribution is -0.385. The Morgan fingerprint density at radius 1 is 1.20 bits per heavy atom. The second kappa shape index (κ2) is 11.5. The monoisotopic (exact) mass is 479 g/mol. The van der Waals surface area contributed by atoms with Crippen LogP contribution in [0.3, 0.4) is 0 Å². The number of nitrogens with zero attached hydrogens (tertiary/aromatic N) is 3. The van der Waals surface area contributed by atoms with Crippen molar-refractivity contribution in [1.29, 1.82) is 5.26 Å². The standard InChI is InChI=1S/C24H25N5O6/c1-4-33-19-11-17(18(29(31)32)12-20(19)35-13-16-9-7-6-8-10-16)22-21(23(30)34-5-2)15(3)27-24(28-22)26-14-25/h6-12,22H,4-5,13H2,1-3H3,(H2,26,27,28)/t22-/m1/s1. The fourth-order valence-corrected chi connectivity index (χ4v) is 3.55. The van der Waals surface area contributed by atoms with Crippen LogP contribution in [-0.2, 0) is 16.1 Å². The zero-order valence-corrected chi connectivity index (χ0v) is 19.5. The molecule has 1 heterocycles. The van der Waals surface area contributed by atoms with Crippen LogP contribution in [0.1, 0.15) is 37.9 Å². The van der Waals surface area contributed by atoms with E-state index in [9.17, 15) is 14.9 Å². The van der Waals surface area contributed by atoms with E-state index in [0.717, 1.165) is 5.56 Å². The van der Waals surface area contributed by atoms with Crippen LogP contribution < -0.4 is 20.1 Å². The van der Waals surface area contributed by atoms with Crippen molar-refractivity contribution < 1.29 is 23.9 Å². The molecule has 0 bridgehead atoms. The summed E-state index contributed by atoms with van der Waals surface area (Å²) in [4.78, 5) is 28.7. The lowest BCUT2D eigenvalue weighted by Gasteiger charge is -2.25. The zero-order chi connectivity index (χ0) is 25.4. The van der Waals surface area contributed by atoms with Crippen LogP contribution >= 0.6 is 0 Å². The van der Waals surface area contributed by atoms with Crippen LogP contribution in [0.4, 0.5) is 5.69 Å². The number of nitrogens with one attached hydrogen (secondary N) is 2. The van der Waals surface area contributed by atoms with E-state index in [2.05, 4.69) is 15.6 Å². The fourth-order valence-electron chi connectivity index (χ4n) is 3.55. The van der Waals surface area contributed by atoms with Gasteiger partial charge in [0.15, 0.2) is 17.7 Å². The molecule has 2 aromatic rings. The van der Waals surface area contributed by atoms with E-state index in [1.54, 1.807) is 27.0 Å². The molecule has 0 fully saturated rings. The Balaban J connectivity index is 2.13. The quantitative estimate of drug-likeness (QED) is 0.181. The molecule has 182 valence electrons. The highest BCUT2D eigenvalue weighted by atomic mass is 16.6. The topological polar surface area (TPSA) is 148 Å². The van der Waals surface area contributed by atoms with Crippen molar-refractivity contribution in [1.82, 2.24) is 10.6 Å². The minimum absolute atomic E-state index is 0.0414. The smallest absolute Gasteiger partial charge is 0.338 e. The van der Waals surface area contributed by atoms with Crippen molar-refractivity contribution >= 4 is 17.6 Å². The van der Waals surface area contributed by atoms with E-state index in [4.69, 9.17) is 19.5 Å². The maximum Gasteiger partial charge on any atom is 0.338 e. The Hall–Kier alpha value is -4.59. The largest absolute Gasteiger partial charge is 0.490 e. The molecule has 0 aliphatic carbocycles. The molecule has 0 aromatic heterocycles. The van der Waals surface area contributed by atoms with E-state index in [1.165, 1.54) is 12.1 Å². The Morgan fingerprint density at radius 3 is 2.54 bits per heavy atom. The van der Waals surface area contributed by atoms with Crippen molar-refractivity contribution in [2.45, 2.75) is 33.4 Å². The third-order valence-corrected chi connectivity index (χ3v) is 5.03. The Kier molecular flexibility index (Phi) is 8.24. The summed E-state index contributed by atoms with van der Waals surface area (Å²) in [6, 6.07) is 10.9. The van der Waals surface area contributed by atoms with Gasteiger partial charge in [0.2, 0.25) is 5.96 Å². The normalized spacial score (nSPS) is 14.8. The van der Waals surface area contributed by atoms with Gasteiger partial charge in [-0.05, 0) is 32.4 Å². The van der Waals surface area contributed by atoms with Gasteiger partial charge >= 0.3 is 5.97 Å². The molecule has 1 aliphatic heterocycles. The third-order valence-electron chi connectivity index (χ3n) is 5.03. The van der Waals surface area contributed by atoms with Gasteiger partial charge in [0, 0.05) is 5.70 Å². The predicted molar refractivity (Wildman–Crippen MR) is 126 cm³/mol. The maximum absolute atomic E-state index is 12.8. The van der Waals surface area contributed by atoms with Gasteiger partial charge in [-0.25, -0.2) is 9.79 Å². The summed E-state index contributed by atoms with van der Waals surface area (Å²) in [5.74, 6) is -0.204. The molecule has 11 nitrogen and oxygen atoms in total. The molecular formula is C24H25N5O6. The summed E-state index contributed by atoms with van der Waals surface area (Å²) in [6.07, 6.45) is 1.75. The number of esters is 1. The van der Waals surface area contributed by atoms with Gasteiger partial charge in [-0.3, -0.25) is 15.4 Å². The van der Waals surface area contributed by atoms with Crippen molar-refractivity contribution in [3.05, 3.63) is 75.0 Å². The van der Waals surface area contributed by atoms with E-state index in [1.807, 2.05) is 30.3 Å². The molecule has 0 saturated heterocycles. The first kappa shape index (κ1) is 25.0. The number of aliphatic imine (C=N–C) groups is 1. The van der Waals surface area contributed by atoms with Crippen LogP contribution in [0, 0.1) is 21.6 Å².